The fraction of sp³-hybridized carbons (Fsp3) is 0.810. The van der Waals surface area contributed by atoms with E-state index in [9.17, 15) is 61.0 Å². The second-order valence-electron chi connectivity index (χ2n) is 20.7. The Morgan fingerprint density at radius 1 is 0.468 bits per heavy atom. The molecule has 446 valence electrons. The minimum Gasteiger partial charge on any atom is -0.394 e. The molecule has 1 amide bonds. The zero-order valence-corrected chi connectivity index (χ0v) is 46.2. The summed E-state index contributed by atoms with van der Waals surface area (Å²) in [6, 6.07) is -0.997. The summed E-state index contributed by atoms with van der Waals surface area (Å²) in [4.78, 5) is 13.3. The molecule has 19 nitrogen and oxygen atoms in total. The molecule has 17 unspecified atom stereocenters. The van der Waals surface area contributed by atoms with Crippen molar-refractivity contribution in [1.82, 2.24) is 5.32 Å². The van der Waals surface area contributed by atoms with Gasteiger partial charge in [-0.15, -0.1) is 0 Å². The molecular weight excluding hydrogens is 999 g/mol. The van der Waals surface area contributed by atoms with Crippen LogP contribution in [0.25, 0.3) is 0 Å². The summed E-state index contributed by atoms with van der Waals surface area (Å²) < 4.78 is 34.1. The van der Waals surface area contributed by atoms with E-state index >= 15 is 0 Å². The second-order valence-corrected chi connectivity index (χ2v) is 20.7. The zero-order valence-electron chi connectivity index (χ0n) is 46.2. The quantitative estimate of drug-likeness (QED) is 0.0297. The molecular formula is C58H101NO18. The van der Waals surface area contributed by atoms with Crippen molar-refractivity contribution in [3.8, 4) is 0 Å². The molecule has 3 aliphatic rings. The SMILES string of the molecule is CCCCCCC/C=C\C/C=C\C/C=C\CCCCCCCCC(=O)NC(COC1OC(CO)C(OC2OC(CO)C(OC3OC(CO)C(O)C(O)C3O)C(O)C2O)C(O)C1O)C(O)/C=C/CC/C=C/CCCCCCC. The van der Waals surface area contributed by atoms with E-state index in [-0.39, 0.29) is 18.9 Å². The highest BCUT2D eigenvalue weighted by molar-refractivity contribution is 5.76. The topological polar surface area (TPSA) is 307 Å². The van der Waals surface area contributed by atoms with Crippen LogP contribution in [0.1, 0.15) is 168 Å². The Hall–Kier alpha value is -2.51. The van der Waals surface area contributed by atoms with Crippen molar-refractivity contribution in [2.24, 2.45) is 0 Å². The third kappa shape index (κ3) is 25.9. The molecule has 0 aliphatic carbocycles. The number of hydrogen-bond acceptors (Lipinski definition) is 18. The summed E-state index contributed by atoms with van der Waals surface area (Å²) in [6.07, 6.45) is 19.3. The third-order valence-corrected chi connectivity index (χ3v) is 14.3. The van der Waals surface area contributed by atoms with Crippen molar-refractivity contribution < 1.29 is 89.4 Å². The van der Waals surface area contributed by atoms with Gasteiger partial charge in [0.25, 0.3) is 0 Å². The number of aliphatic hydroxyl groups is 11. The van der Waals surface area contributed by atoms with E-state index in [0.29, 0.717) is 12.8 Å². The highest BCUT2D eigenvalue weighted by Crippen LogP contribution is 2.33. The molecule has 0 spiro atoms. The Morgan fingerprint density at radius 3 is 1.39 bits per heavy atom. The number of aliphatic hydroxyl groups excluding tert-OH is 11. The molecule has 0 aromatic heterocycles. The van der Waals surface area contributed by atoms with Crippen LogP contribution in [0.4, 0.5) is 0 Å². The van der Waals surface area contributed by atoms with Gasteiger partial charge < -0.3 is 89.9 Å². The maximum Gasteiger partial charge on any atom is 0.220 e. The highest BCUT2D eigenvalue weighted by Gasteiger charge is 2.53. The van der Waals surface area contributed by atoms with Gasteiger partial charge in [-0.05, 0) is 70.6 Å². The Bertz CT molecular complexity index is 1650. The monoisotopic (exact) mass is 1100 g/mol. The maximum atomic E-state index is 13.3. The molecule has 3 rings (SSSR count). The van der Waals surface area contributed by atoms with Crippen molar-refractivity contribution in [1.29, 1.82) is 0 Å². The molecule has 12 N–H and O–H groups in total. The smallest absolute Gasteiger partial charge is 0.220 e. The van der Waals surface area contributed by atoms with Gasteiger partial charge in [0.1, 0.15) is 73.2 Å². The van der Waals surface area contributed by atoms with Gasteiger partial charge >= 0.3 is 0 Å². The number of carbonyl (C=O) groups excluding carboxylic acids is 1. The number of amides is 1. The van der Waals surface area contributed by atoms with Gasteiger partial charge in [-0.2, -0.15) is 0 Å². The maximum absolute atomic E-state index is 13.3. The first-order chi connectivity index (χ1) is 37.3. The van der Waals surface area contributed by atoms with Gasteiger partial charge in [-0.25, -0.2) is 0 Å². The predicted octanol–water partition coefficient (Wildman–Crippen LogP) is 4.48. The number of nitrogens with one attached hydrogen (secondary N) is 1. The lowest BCUT2D eigenvalue weighted by Gasteiger charge is -2.48. The van der Waals surface area contributed by atoms with Crippen LogP contribution in [0.5, 0.6) is 0 Å². The van der Waals surface area contributed by atoms with Crippen molar-refractivity contribution >= 4 is 5.91 Å². The lowest BCUT2D eigenvalue weighted by molar-refractivity contribution is -0.379. The van der Waals surface area contributed by atoms with Gasteiger partial charge in [0.05, 0.1) is 38.6 Å². The lowest BCUT2D eigenvalue weighted by Crippen LogP contribution is -2.66. The first-order valence-electron chi connectivity index (χ1n) is 29.0. The molecule has 19 heteroatoms. The molecule has 3 heterocycles. The zero-order chi connectivity index (χ0) is 56.2. The molecule has 0 bridgehead atoms. The van der Waals surface area contributed by atoms with E-state index in [4.69, 9.17) is 28.4 Å². The van der Waals surface area contributed by atoms with E-state index in [1.807, 2.05) is 6.08 Å². The van der Waals surface area contributed by atoms with Crippen LogP contribution in [0, 0.1) is 0 Å². The van der Waals surface area contributed by atoms with Crippen molar-refractivity contribution in [3.63, 3.8) is 0 Å². The molecule has 3 fully saturated rings. The van der Waals surface area contributed by atoms with Crippen LogP contribution in [-0.4, -0.2) is 193 Å². The number of carbonyl (C=O) groups is 1. The number of unbranched alkanes of at least 4 members (excludes halogenated alkanes) is 17. The van der Waals surface area contributed by atoms with Gasteiger partial charge in [0, 0.05) is 6.42 Å². The highest BCUT2D eigenvalue weighted by atomic mass is 16.8. The first kappa shape index (κ1) is 68.8. The molecule has 77 heavy (non-hydrogen) atoms. The van der Waals surface area contributed by atoms with Crippen LogP contribution in [0.3, 0.4) is 0 Å². The molecule has 0 aromatic carbocycles. The number of allylic oxidation sites excluding steroid dienone is 9. The minimum atomic E-state index is -1.98. The van der Waals surface area contributed by atoms with E-state index in [1.165, 1.54) is 64.2 Å². The second kappa shape index (κ2) is 41.5. The third-order valence-electron chi connectivity index (χ3n) is 14.3. The standard InChI is InChI=1S/C58H101NO18/c1-3-5-7-9-11-13-15-16-17-18-19-20-21-22-23-24-26-28-30-32-34-36-46(64)59-41(42(63)35-33-31-29-27-25-14-12-10-8-6-4-2)40-72-56-52(70)49(67)54(44(38-61)74-56)77-58-53(71)50(68)55(45(39-62)75-58)76-57-51(69)48(66)47(65)43(37-60)73-57/h15-16,18-19,21-22,25,27,33,35,41-45,47-58,60-63,65-71H,3-14,17,20,23-24,26,28-32,34,36-40H2,1-2H3,(H,59,64)/b16-15-,19-18-,22-21-,27-25+,35-33+. The minimum absolute atomic E-state index is 0.218. The summed E-state index contributed by atoms with van der Waals surface area (Å²) in [5, 5.41) is 120. The number of rotatable bonds is 41. The van der Waals surface area contributed by atoms with E-state index in [0.717, 1.165) is 70.6 Å². The van der Waals surface area contributed by atoms with Crippen LogP contribution >= 0.6 is 0 Å². The van der Waals surface area contributed by atoms with Crippen LogP contribution < -0.4 is 5.32 Å². The Balaban J connectivity index is 1.50. The summed E-state index contributed by atoms with van der Waals surface area (Å²) in [7, 11) is 0. The van der Waals surface area contributed by atoms with Gasteiger partial charge in [-0.3, -0.25) is 4.79 Å². The Kier molecular flexibility index (Phi) is 37.0. The largest absolute Gasteiger partial charge is 0.394 e. The molecule has 0 radical (unpaired) electrons. The van der Waals surface area contributed by atoms with Crippen LogP contribution in [0.2, 0.25) is 0 Å². The van der Waals surface area contributed by atoms with E-state index < -0.39 is 124 Å². The molecule has 3 saturated heterocycles. The summed E-state index contributed by atoms with van der Waals surface area (Å²) in [5.74, 6) is -0.303. The van der Waals surface area contributed by atoms with Crippen molar-refractivity contribution in [3.05, 3.63) is 60.8 Å². The van der Waals surface area contributed by atoms with Gasteiger partial charge in [-0.1, -0.05) is 152 Å². The molecule has 0 saturated carbocycles. The Labute approximate surface area is 458 Å². The predicted molar refractivity (Wildman–Crippen MR) is 291 cm³/mol. The van der Waals surface area contributed by atoms with E-state index in [1.54, 1.807) is 6.08 Å². The fourth-order valence-corrected chi connectivity index (χ4v) is 9.45. The van der Waals surface area contributed by atoms with E-state index in [2.05, 4.69) is 67.8 Å². The summed E-state index contributed by atoms with van der Waals surface area (Å²) >= 11 is 0. The van der Waals surface area contributed by atoms with Gasteiger partial charge in [0.2, 0.25) is 5.91 Å². The van der Waals surface area contributed by atoms with Crippen LogP contribution in [0.15, 0.2) is 60.8 Å². The lowest BCUT2D eigenvalue weighted by atomic mass is 9.96. The molecule has 0 aromatic rings. The average Bonchev–Trinajstić information content (AvgIpc) is 3.44. The normalized spacial score (nSPS) is 31.2. The fourth-order valence-electron chi connectivity index (χ4n) is 9.45. The molecule has 3 aliphatic heterocycles. The average molecular weight is 1100 g/mol. The number of hydrogen-bond donors (Lipinski definition) is 12. The van der Waals surface area contributed by atoms with Crippen molar-refractivity contribution in [2.75, 3.05) is 26.4 Å². The summed E-state index contributed by atoms with van der Waals surface area (Å²) in [5.41, 5.74) is 0. The molecule has 17 atom stereocenters. The first-order valence-corrected chi connectivity index (χ1v) is 29.0. The van der Waals surface area contributed by atoms with Gasteiger partial charge in [0.15, 0.2) is 18.9 Å². The van der Waals surface area contributed by atoms with Crippen molar-refractivity contribution in [2.45, 2.75) is 272 Å². The summed E-state index contributed by atoms with van der Waals surface area (Å²) in [6.45, 7) is 1.62. The Morgan fingerprint density at radius 2 is 0.870 bits per heavy atom. The van der Waals surface area contributed by atoms with Crippen LogP contribution in [-0.2, 0) is 33.2 Å². The number of ether oxygens (including phenoxy) is 6.